The lowest BCUT2D eigenvalue weighted by atomic mass is 9.69. The zero-order valence-electron chi connectivity index (χ0n) is 16.5. The Hall–Kier alpha value is -2.17. The maximum atomic E-state index is 12.5. The molecule has 4 rings (SSSR count). The van der Waals surface area contributed by atoms with Gasteiger partial charge in [-0.15, -0.1) is 0 Å². The Labute approximate surface area is 167 Å². The topological polar surface area (TPSA) is 41.6 Å². The molecule has 0 aliphatic carbocycles. The lowest BCUT2D eigenvalue weighted by Gasteiger charge is -2.43. The number of carbonyl (C=O) groups is 1. The molecule has 2 aromatic rings. The number of nitrogens with one attached hydrogen (secondary N) is 1. The van der Waals surface area contributed by atoms with Crippen LogP contribution >= 0.6 is 0 Å². The summed E-state index contributed by atoms with van der Waals surface area (Å²) in [4.78, 5) is 14.9. The van der Waals surface area contributed by atoms with Crippen LogP contribution in [-0.2, 0) is 14.9 Å². The first-order valence-electron chi connectivity index (χ1n) is 10.5. The molecule has 2 fully saturated rings. The number of hydrogen-bond acceptors (Lipinski definition) is 3. The molecule has 2 saturated heterocycles. The van der Waals surface area contributed by atoms with Crippen LogP contribution in [0.4, 0.5) is 0 Å². The number of ether oxygens (including phenoxy) is 1. The van der Waals surface area contributed by atoms with Gasteiger partial charge in [0.15, 0.2) is 0 Å². The van der Waals surface area contributed by atoms with E-state index in [0.717, 1.165) is 45.4 Å². The van der Waals surface area contributed by atoms with Crippen LogP contribution in [0.5, 0.6) is 0 Å². The average Bonchev–Trinajstić information content (AvgIpc) is 3.27. The fourth-order valence-electron chi connectivity index (χ4n) is 4.72. The lowest BCUT2D eigenvalue weighted by molar-refractivity contribution is -0.123. The lowest BCUT2D eigenvalue weighted by Crippen LogP contribution is -2.50. The first kappa shape index (κ1) is 19.2. The van der Waals surface area contributed by atoms with Crippen molar-refractivity contribution in [2.45, 2.75) is 37.2 Å². The molecule has 2 aromatic carbocycles. The van der Waals surface area contributed by atoms with Crippen LogP contribution in [0.25, 0.3) is 0 Å². The van der Waals surface area contributed by atoms with E-state index in [9.17, 15) is 4.79 Å². The number of amides is 1. The molecule has 4 nitrogen and oxygen atoms in total. The Balaban J connectivity index is 1.48. The highest BCUT2D eigenvalue weighted by Crippen LogP contribution is 2.40. The molecule has 4 heteroatoms. The fraction of sp³-hybridized carbons (Fsp3) is 0.458. The molecule has 2 aliphatic rings. The highest BCUT2D eigenvalue weighted by atomic mass is 16.5. The van der Waals surface area contributed by atoms with E-state index >= 15 is 0 Å². The van der Waals surface area contributed by atoms with Crippen molar-refractivity contribution in [2.24, 2.45) is 0 Å². The second-order valence-electron chi connectivity index (χ2n) is 8.07. The number of benzene rings is 2. The van der Waals surface area contributed by atoms with Gasteiger partial charge in [-0.3, -0.25) is 9.69 Å². The van der Waals surface area contributed by atoms with E-state index in [4.69, 9.17) is 4.74 Å². The van der Waals surface area contributed by atoms with Gasteiger partial charge in [0, 0.05) is 25.1 Å². The SMILES string of the molecule is O=C(CN1CCCC(c2ccccc2)(c2ccccc2)C1)NC[C@@H]1CCCO1. The molecule has 0 radical (unpaired) electrons. The van der Waals surface area contributed by atoms with Crippen LogP contribution < -0.4 is 5.32 Å². The van der Waals surface area contributed by atoms with Gasteiger partial charge < -0.3 is 10.1 Å². The van der Waals surface area contributed by atoms with E-state index in [1.165, 1.54) is 11.1 Å². The molecule has 0 unspecified atom stereocenters. The number of likely N-dealkylation sites (tertiary alicyclic amines) is 1. The van der Waals surface area contributed by atoms with Gasteiger partial charge in [-0.2, -0.15) is 0 Å². The number of hydrogen-bond donors (Lipinski definition) is 1. The summed E-state index contributed by atoms with van der Waals surface area (Å²) in [7, 11) is 0. The number of carbonyl (C=O) groups excluding carboxylic acids is 1. The summed E-state index contributed by atoms with van der Waals surface area (Å²) in [6.45, 7) is 3.75. The monoisotopic (exact) mass is 378 g/mol. The van der Waals surface area contributed by atoms with Crippen LogP contribution in [0.2, 0.25) is 0 Å². The molecule has 1 N–H and O–H groups in total. The maximum Gasteiger partial charge on any atom is 0.234 e. The highest BCUT2D eigenvalue weighted by Gasteiger charge is 2.38. The summed E-state index contributed by atoms with van der Waals surface area (Å²) in [5.74, 6) is 0.104. The summed E-state index contributed by atoms with van der Waals surface area (Å²) < 4.78 is 5.61. The molecule has 2 heterocycles. The van der Waals surface area contributed by atoms with Gasteiger partial charge in [0.2, 0.25) is 5.91 Å². The average molecular weight is 379 g/mol. The zero-order valence-corrected chi connectivity index (χ0v) is 16.5. The normalized spacial score (nSPS) is 22.1. The Morgan fingerprint density at radius 1 is 1.04 bits per heavy atom. The van der Waals surface area contributed by atoms with Crippen LogP contribution in [-0.4, -0.2) is 49.7 Å². The molecule has 0 spiro atoms. The second kappa shape index (κ2) is 8.89. The third-order valence-corrected chi connectivity index (χ3v) is 6.14. The van der Waals surface area contributed by atoms with Gasteiger partial charge in [-0.25, -0.2) is 0 Å². The van der Waals surface area contributed by atoms with Crippen molar-refractivity contribution in [1.82, 2.24) is 10.2 Å². The van der Waals surface area contributed by atoms with E-state index in [0.29, 0.717) is 13.1 Å². The molecule has 0 saturated carbocycles. The van der Waals surface area contributed by atoms with E-state index in [-0.39, 0.29) is 17.4 Å². The Kier molecular flexibility index (Phi) is 6.08. The van der Waals surface area contributed by atoms with Crippen LogP contribution in [0, 0.1) is 0 Å². The second-order valence-corrected chi connectivity index (χ2v) is 8.07. The summed E-state index contributed by atoms with van der Waals surface area (Å²) in [6.07, 6.45) is 4.54. The van der Waals surface area contributed by atoms with Gasteiger partial charge in [-0.1, -0.05) is 60.7 Å². The molecule has 1 atom stereocenters. The predicted molar refractivity (Wildman–Crippen MR) is 111 cm³/mol. The quantitative estimate of drug-likeness (QED) is 0.838. The minimum Gasteiger partial charge on any atom is -0.376 e. The van der Waals surface area contributed by atoms with Crippen molar-refractivity contribution in [3.8, 4) is 0 Å². The molecule has 0 aromatic heterocycles. The first-order chi connectivity index (χ1) is 13.8. The van der Waals surface area contributed by atoms with E-state index < -0.39 is 0 Å². The number of nitrogens with zero attached hydrogens (tertiary/aromatic N) is 1. The third kappa shape index (κ3) is 4.29. The van der Waals surface area contributed by atoms with Crippen molar-refractivity contribution in [1.29, 1.82) is 0 Å². The van der Waals surface area contributed by atoms with Gasteiger partial charge in [0.1, 0.15) is 0 Å². The molecule has 0 bridgehead atoms. The van der Waals surface area contributed by atoms with E-state index in [1.54, 1.807) is 0 Å². The largest absolute Gasteiger partial charge is 0.376 e. The Morgan fingerprint density at radius 2 is 1.71 bits per heavy atom. The van der Waals surface area contributed by atoms with Gasteiger partial charge in [-0.05, 0) is 43.4 Å². The number of rotatable bonds is 6. The fourth-order valence-corrected chi connectivity index (χ4v) is 4.72. The van der Waals surface area contributed by atoms with Crippen LogP contribution in [0.15, 0.2) is 60.7 Å². The first-order valence-corrected chi connectivity index (χ1v) is 10.5. The highest BCUT2D eigenvalue weighted by molar-refractivity contribution is 5.78. The summed E-state index contributed by atoms with van der Waals surface area (Å²) in [6, 6.07) is 21.5. The number of piperidine rings is 1. The Bertz CT molecular complexity index is 717. The third-order valence-electron chi connectivity index (χ3n) is 6.14. The molecular formula is C24H30N2O2. The van der Waals surface area contributed by atoms with Gasteiger partial charge in [0.05, 0.1) is 12.6 Å². The standard InChI is InChI=1S/C24H30N2O2/c27-23(25-17-22-13-7-16-28-22)18-26-15-8-14-24(19-26,20-9-3-1-4-10-20)21-11-5-2-6-12-21/h1-6,9-12,22H,7-8,13-19H2,(H,25,27)/t22-/m0/s1. The molecule has 2 aliphatic heterocycles. The smallest absolute Gasteiger partial charge is 0.234 e. The minimum absolute atomic E-state index is 0.0599. The molecular weight excluding hydrogens is 348 g/mol. The van der Waals surface area contributed by atoms with Crippen molar-refractivity contribution >= 4 is 5.91 Å². The predicted octanol–water partition coefficient (Wildman–Crippen LogP) is 3.36. The summed E-state index contributed by atoms with van der Waals surface area (Å²) in [5, 5.41) is 3.07. The van der Waals surface area contributed by atoms with Crippen molar-refractivity contribution in [3.05, 3.63) is 71.8 Å². The molecule has 1 amide bonds. The Morgan fingerprint density at radius 3 is 2.32 bits per heavy atom. The zero-order chi connectivity index (χ0) is 19.2. The van der Waals surface area contributed by atoms with Crippen molar-refractivity contribution in [3.63, 3.8) is 0 Å². The summed E-state index contributed by atoms with van der Waals surface area (Å²) >= 11 is 0. The van der Waals surface area contributed by atoms with E-state index in [2.05, 4.69) is 70.9 Å². The van der Waals surface area contributed by atoms with Gasteiger partial charge >= 0.3 is 0 Å². The molecule has 148 valence electrons. The van der Waals surface area contributed by atoms with Crippen LogP contribution in [0.3, 0.4) is 0 Å². The van der Waals surface area contributed by atoms with Crippen molar-refractivity contribution < 1.29 is 9.53 Å². The van der Waals surface area contributed by atoms with Crippen LogP contribution in [0.1, 0.15) is 36.8 Å². The minimum atomic E-state index is -0.0599. The van der Waals surface area contributed by atoms with Crippen molar-refractivity contribution in [2.75, 3.05) is 32.8 Å². The maximum absolute atomic E-state index is 12.5. The molecule has 28 heavy (non-hydrogen) atoms. The van der Waals surface area contributed by atoms with E-state index in [1.807, 2.05) is 0 Å². The van der Waals surface area contributed by atoms with Gasteiger partial charge in [0.25, 0.3) is 0 Å². The summed E-state index contributed by atoms with van der Waals surface area (Å²) in [5.41, 5.74) is 2.62.